The topological polar surface area (TPSA) is 58.6 Å². The van der Waals surface area contributed by atoms with Gasteiger partial charge in [0, 0.05) is 30.1 Å². The number of benzene rings is 3. The van der Waals surface area contributed by atoms with Crippen LogP contribution in [0.5, 0.6) is 0 Å². The molecule has 188 valence electrons. The Hall–Kier alpha value is -2.64. The third kappa shape index (κ3) is 4.96. The number of aryl methyl sites for hydroxylation is 1. The van der Waals surface area contributed by atoms with Gasteiger partial charge in [0.1, 0.15) is 0 Å². The fraction of sp³-hybridized carbons (Fsp3) is 0.310. The predicted octanol–water partition coefficient (Wildman–Crippen LogP) is 6.18. The Balaban J connectivity index is 1.59. The van der Waals surface area contributed by atoms with Crippen molar-refractivity contribution in [2.45, 2.75) is 49.7 Å². The highest BCUT2D eigenvalue weighted by Gasteiger charge is 2.44. The number of nitrogens with zero attached hydrogens (tertiary/aromatic N) is 1. The van der Waals surface area contributed by atoms with Gasteiger partial charge in [0.2, 0.25) is 10.0 Å². The van der Waals surface area contributed by atoms with Crippen molar-refractivity contribution >= 4 is 21.6 Å². The van der Waals surface area contributed by atoms with Gasteiger partial charge in [-0.3, -0.25) is 0 Å². The van der Waals surface area contributed by atoms with Gasteiger partial charge >= 0.3 is 0 Å². The molecule has 36 heavy (non-hydrogen) atoms. The van der Waals surface area contributed by atoms with E-state index in [1.807, 2.05) is 68.4 Å². The molecule has 0 amide bonds. The summed E-state index contributed by atoms with van der Waals surface area (Å²) in [5.41, 5.74) is 4.11. The van der Waals surface area contributed by atoms with Crippen LogP contribution < -0.4 is 5.32 Å². The molecule has 1 N–H and O–H groups in total. The van der Waals surface area contributed by atoms with Gasteiger partial charge in [-0.1, -0.05) is 71.8 Å². The van der Waals surface area contributed by atoms with Gasteiger partial charge in [-0.05, 0) is 61.2 Å². The van der Waals surface area contributed by atoms with Crippen LogP contribution in [0, 0.1) is 6.92 Å². The summed E-state index contributed by atoms with van der Waals surface area (Å²) in [4.78, 5) is 0.295. The minimum Gasteiger partial charge on any atom is -0.498 e. The lowest BCUT2D eigenvalue weighted by Gasteiger charge is -2.45. The molecule has 0 saturated carbocycles. The lowest BCUT2D eigenvalue weighted by Crippen LogP contribution is -2.51. The molecule has 3 aromatic rings. The van der Waals surface area contributed by atoms with E-state index in [9.17, 15) is 8.42 Å². The molecular weight excluding hydrogens is 492 g/mol. The lowest BCUT2D eigenvalue weighted by molar-refractivity contribution is 0.164. The molecule has 0 spiro atoms. The number of hydrogen-bond acceptors (Lipinski definition) is 4. The van der Waals surface area contributed by atoms with Crippen molar-refractivity contribution in [3.8, 4) is 0 Å². The summed E-state index contributed by atoms with van der Waals surface area (Å²) >= 11 is 6.35. The van der Waals surface area contributed by atoms with Crippen LogP contribution in [0.15, 0.2) is 95.1 Å². The fourth-order valence-corrected chi connectivity index (χ4v) is 7.08. The molecule has 2 aliphatic rings. The summed E-state index contributed by atoms with van der Waals surface area (Å²) < 4.78 is 35.8. The first-order valence-corrected chi connectivity index (χ1v) is 14.2. The van der Waals surface area contributed by atoms with E-state index in [0.29, 0.717) is 29.4 Å². The summed E-state index contributed by atoms with van der Waals surface area (Å²) in [6.07, 6.45) is 1.27. The van der Waals surface area contributed by atoms with Crippen LogP contribution in [-0.4, -0.2) is 31.9 Å². The molecule has 7 heteroatoms. The number of nitrogens with one attached hydrogen (secondary N) is 1. The molecule has 3 atom stereocenters. The van der Waals surface area contributed by atoms with Crippen molar-refractivity contribution in [1.82, 2.24) is 9.62 Å². The second kappa shape index (κ2) is 10.4. The first-order valence-electron chi connectivity index (χ1n) is 12.4. The third-order valence-electron chi connectivity index (χ3n) is 7.08. The quantitative estimate of drug-likeness (QED) is 0.420. The number of sulfonamides is 1. The first kappa shape index (κ1) is 25.0. The smallest absolute Gasteiger partial charge is 0.243 e. The van der Waals surface area contributed by atoms with Gasteiger partial charge < -0.3 is 10.1 Å². The highest BCUT2D eigenvalue weighted by Crippen LogP contribution is 2.43. The number of ether oxygens (including phenoxy) is 1. The summed E-state index contributed by atoms with van der Waals surface area (Å²) in [6.45, 7) is 4.73. The van der Waals surface area contributed by atoms with Gasteiger partial charge in [0.25, 0.3) is 0 Å². The van der Waals surface area contributed by atoms with Crippen LogP contribution in [-0.2, 0) is 14.8 Å². The maximum absolute atomic E-state index is 14.0. The molecule has 2 aliphatic heterocycles. The predicted molar refractivity (Wildman–Crippen MR) is 143 cm³/mol. The Morgan fingerprint density at radius 3 is 2.39 bits per heavy atom. The number of piperidine rings is 1. The maximum atomic E-state index is 14.0. The zero-order chi connectivity index (χ0) is 25.3. The molecule has 2 heterocycles. The van der Waals surface area contributed by atoms with E-state index in [1.165, 1.54) is 5.56 Å². The van der Waals surface area contributed by atoms with E-state index in [-0.39, 0.29) is 24.7 Å². The average molecular weight is 523 g/mol. The van der Waals surface area contributed by atoms with Gasteiger partial charge in [-0.25, -0.2) is 8.42 Å². The molecule has 0 bridgehead atoms. The van der Waals surface area contributed by atoms with Crippen LogP contribution in [0.3, 0.4) is 0 Å². The molecule has 5 rings (SSSR count). The molecule has 0 aliphatic carbocycles. The van der Waals surface area contributed by atoms with E-state index < -0.39 is 10.0 Å². The van der Waals surface area contributed by atoms with E-state index in [1.54, 1.807) is 16.4 Å². The second-order valence-electron chi connectivity index (χ2n) is 9.44. The van der Waals surface area contributed by atoms with Crippen molar-refractivity contribution < 1.29 is 13.2 Å². The van der Waals surface area contributed by atoms with Crippen molar-refractivity contribution in [3.05, 3.63) is 112 Å². The largest absolute Gasteiger partial charge is 0.498 e. The van der Waals surface area contributed by atoms with Crippen molar-refractivity contribution in [2.24, 2.45) is 0 Å². The third-order valence-corrected chi connectivity index (χ3v) is 9.19. The van der Waals surface area contributed by atoms with Crippen LogP contribution >= 0.6 is 11.6 Å². The molecule has 0 unspecified atom stereocenters. The zero-order valence-electron chi connectivity index (χ0n) is 20.5. The summed E-state index contributed by atoms with van der Waals surface area (Å²) in [6, 6.07) is 24.7. The summed E-state index contributed by atoms with van der Waals surface area (Å²) in [5, 5.41) is 4.39. The molecule has 1 fully saturated rings. The van der Waals surface area contributed by atoms with E-state index in [0.717, 1.165) is 22.5 Å². The van der Waals surface area contributed by atoms with Crippen LogP contribution in [0.1, 0.15) is 48.5 Å². The molecular formula is C29H31ClN2O3S. The number of hydrogen-bond donors (Lipinski definition) is 1. The Morgan fingerprint density at radius 2 is 1.69 bits per heavy atom. The zero-order valence-corrected chi connectivity index (χ0v) is 22.1. The van der Waals surface area contributed by atoms with Crippen molar-refractivity contribution in [2.75, 3.05) is 13.2 Å². The number of halogens is 1. The van der Waals surface area contributed by atoms with E-state index >= 15 is 0 Å². The van der Waals surface area contributed by atoms with Crippen molar-refractivity contribution in [3.63, 3.8) is 0 Å². The Labute approximate surface area is 218 Å². The maximum Gasteiger partial charge on any atom is 0.243 e. The number of rotatable bonds is 6. The molecule has 5 nitrogen and oxygen atoms in total. The lowest BCUT2D eigenvalue weighted by atomic mass is 9.84. The number of fused-ring (bicyclic) bond motifs is 1. The van der Waals surface area contributed by atoms with Crippen LogP contribution in [0.2, 0.25) is 5.02 Å². The highest BCUT2D eigenvalue weighted by atomic mass is 35.5. The Bertz CT molecular complexity index is 1360. The fourth-order valence-electron chi connectivity index (χ4n) is 5.28. The minimum atomic E-state index is -3.77. The van der Waals surface area contributed by atoms with Crippen molar-refractivity contribution in [1.29, 1.82) is 0 Å². The van der Waals surface area contributed by atoms with Gasteiger partial charge in [0.05, 0.1) is 23.3 Å². The Kier molecular flexibility index (Phi) is 7.22. The first-order chi connectivity index (χ1) is 17.4. The summed E-state index contributed by atoms with van der Waals surface area (Å²) in [7, 11) is -3.77. The normalized spacial score (nSPS) is 22.8. The average Bonchev–Trinajstić information content (AvgIpc) is 2.89. The molecule has 0 radical (unpaired) electrons. The van der Waals surface area contributed by atoms with E-state index in [2.05, 4.69) is 17.4 Å². The second-order valence-corrected chi connectivity index (χ2v) is 11.8. The van der Waals surface area contributed by atoms with Crippen LogP contribution in [0.25, 0.3) is 0 Å². The van der Waals surface area contributed by atoms with Crippen LogP contribution in [0.4, 0.5) is 0 Å². The molecule has 0 aromatic heterocycles. The minimum absolute atomic E-state index is 0.0149. The SMILES string of the molecule is CCOC1=C2CN(S(=O)(=O)c3ccc(C)cc3)[C@H](c3cccc(Cl)c3)C[C@@H]2N[C@H](c2ccccc2)C1. The summed E-state index contributed by atoms with van der Waals surface area (Å²) in [5.74, 6) is 0.892. The van der Waals surface area contributed by atoms with E-state index in [4.69, 9.17) is 16.3 Å². The van der Waals surface area contributed by atoms with Gasteiger partial charge in [-0.2, -0.15) is 4.31 Å². The highest BCUT2D eigenvalue weighted by molar-refractivity contribution is 7.89. The standard InChI is InChI=1S/C29H31ClN2O3S/c1-3-35-29-18-26(21-8-5-4-6-9-21)31-27-17-28(22-10-7-11-23(30)16-22)32(19-25(27)29)36(33,34)24-14-12-20(2)13-15-24/h4-16,26-28,31H,3,17-19H2,1-2H3/t26-,27-,28-/m0/s1. The Morgan fingerprint density at radius 1 is 0.972 bits per heavy atom. The monoisotopic (exact) mass is 522 g/mol. The van der Waals surface area contributed by atoms with Gasteiger partial charge in [0.15, 0.2) is 0 Å². The molecule has 1 saturated heterocycles. The van der Waals surface area contributed by atoms with Gasteiger partial charge in [-0.15, -0.1) is 0 Å². The molecule has 3 aromatic carbocycles.